The monoisotopic (exact) mass is 213 g/mol. The molecular formula is C9H15N3O3. The Morgan fingerprint density at radius 2 is 2.53 bits per heavy atom. The van der Waals surface area contributed by atoms with E-state index in [4.69, 9.17) is 4.74 Å². The van der Waals surface area contributed by atoms with E-state index in [9.17, 15) is 9.90 Å². The van der Waals surface area contributed by atoms with Gasteiger partial charge in [-0.3, -0.25) is 4.79 Å². The number of carbonyl (C=O) groups excluding carboxylic acids is 1. The van der Waals surface area contributed by atoms with E-state index in [-0.39, 0.29) is 19.1 Å². The molecule has 6 heteroatoms. The first-order valence-electron chi connectivity index (χ1n) is 4.56. The van der Waals surface area contributed by atoms with E-state index in [1.165, 1.54) is 13.3 Å². The largest absolute Gasteiger partial charge is 0.389 e. The molecule has 84 valence electrons. The van der Waals surface area contributed by atoms with Gasteiger partial charge in [0, 0.05) is 20.7 Å². The predicted molar refractivity (Wildman–Crippen MR) is 53.4 cm³/mol. The topological polar surface area (TPSA) is 76.4 Å². The molecule has 1 atom stereocenters. The number of carbonyl (C=O) groups is 1. The molecule has 1 unspecified atom stereocenters. The Morgan fingerprint density at radius 3 is 3.07 bits per heavy atom. The lowest BCUT2D eigenvalue weighted by Gasteiger charge is -2.10. The molecule has 6 nitrogen and oxygen atoms in total. The third-order valence-electron chi connectivity index (χ3n) is 1.91. The lowest BCUT2D eigenvalue weighted by Crippen LogP contribution is -2.35. The molecule has 0 saturated heterocycles. The Labute approximate surface area is 87.9 Å². The molecule has 15 heavy (non-hydrogen) atoms. The van der Waals surface area contributed by atoms with Crippen LogP contribution in [0, 0.1) is 0 Å². The minimum Gasteiger partial charge on any atom is -0.389 e. The first kappa shape index (κ1) is 11.7. The number of ether oxygens (including phenoxy) is 1. The number of aliphatic hydroxyl groups excluding tert-OH is 1. The third-order valence-corrected chi connectivity index (χ3v) is 1.91. The summed E-state index contributed by atoms with van der Waals surface area (Å²) in [6, 6.07) is 0. The maximum Gasteiger partial charge on any atom is 0.269 e. The zero-order chi connectivity index (χ0) is 11.3. The van der Waals surface area contributed by atoms with E-state index in [0.29, 0.717) is 5.69 Å². The SMILES string of the molecule is COCC(O)CNC(=O)c1cncn1C. The minimum atomic E-state index is -0.688. The van der Waals surface area contributed by atoms with Crippen LogP contribution in [0.15, 0.2) is 12.5 Å². The van der Waals surface area contributed by atoms with Crippen molar-refractivity contribution < 1.29 is 14.6 Å². The van der Waals surface area contributed by atoms with Gasteiger partial charge in [0.2, 0.25) is 0 Å². The van der Waals surface area contributed by atoms with Gasteiger partial charge in [-0.15, -0.1) is 0 Å². The van der Waals surface area contributed by atoms with Crippen LogP contribution in [0.5, 0.6) is 0 Å². The quantitative estimate of drug-likeness (QED) is 0.668. The van der Waals surface area contributed by atoms with Crippen LogP contribution in [-0.4, -0.2) is 46.9 Å². The van der Waals surface area contributed by atoms with Crippen molar-refractivity contribution in [1.29, 1.82) is 0 Å². The van der Waals surface area contributed by atoms with Crippen molar-refractivity contribution in [1.82, 2.24) is 14.9 Å². The Morgan fingerprint density at radius 1 is 1.80 bits per heavy atom. The number of hydrogen-bond acceptors (Lipinski definition) is 4. The highest BCUT2D eigenvalue weighted by Gasteiger charge is 2.11. The third kappa shape index (κ3) is 3.34. The van der Waals surface area contributed by atoms with Crippen LogP contribution in [0.25, 0.3) is 0 Å². The molecule has 1 aromatic rings. The highest BCUT2D eigenvalue weighted by molar-refractivity contribution is 5.92. The summed E-state index contributed by atoms with van der Waals surface area (Å²) in [4.78, 5) is 15.3. The molecule has 1 aromatic heterocycles. The van der Waals surface area contributed by atoms with Crippen LogP contribution in [0.3, 0.4) is 0 Å². The van der Waals surface area contributed by atoms with E-state index in [1.807, 2.05) is 0 Å². The van der Waals surface area contributed by atoms with Crippen LogP contribution >= 0.6 is 0 Å². The van der Waals surface area contributed by atoms with Gasteiger partial charge in [0.1, 0.15) is 5.69 Å². The van der Waals surface area contributed by atoms with Gasteiger partial charge in [0.15, 0.2) is 0 Å². The van der Waals surface area contributed by atoms with E-state index in [2.05, 4.69) is 10.3 Å². The zero-order valence-corrected chi connectivity index (χ0v) is 8.80. The summed E-state index contributed by atoms with van der Waals surface area (Å²) in [5.74, 6) is -0.259. The molecule has 0 aliphatic carbocycles. The number of nitrogens with zero attached hydrogens (tertiary/aromatic N) is 2. The molecule has 0 spiro atoms. The zero-order valence-electron chi connectivity index (χ0n) is 8.80. The molecule has 0 aliphatic rings. The Balaban J connectivity index is 2.40. The summed E-state index contributed by atoms with van der Waals surface area (Å²) in [5.41, 5.74) is 0.458. The van der Waals surface area contributed by atoms with E-state index in [0.717, 1.165) is 0 Å². The lowest BCUT2D eigenvalue weighted by atomic mass is 10.3. The van der Waals surface area contributed by atoms with E-state index >= 15 is 0 Å². The molecule has 0 radical (unpaired) electrons. The van der Waals surface area contributed by atoms with E-state index < -0.39 is 6.10 Å². The molecule has 2 N–H and O–H groups in total. The molecule has 0 saturated carbocycles. The Hall–Kier alpha value is -1.40. The fourth-order valence-electron chi connectivity index (χ4n) is 1.13. The average molecular weight is 213 g/mol. The highest BCUT2D eigenvalue weighted by Crippen LogP contribution is 1.95. The number of imidazole rings is 1. The first-order chi connectivity index (χ1) is 7.15. The van der Waals surface area contributed by atoms with Crippen molar-refractivity contribution in [2.75, 3.05) is 20.3 Å². The van der Waals surface area contributed by atoms with Gasteiger partial charge in [-0.05, 0) is 0 Å². The molecule has 0 bridgehead atoms. The standard InChI is InChI=1S/C9H15N3O3/c1-12-6-10-4-8(12)9(14)11-3-7(13)5-15-2/h4,6-7,13H,3,5H2,1-2H3,(H,11,14). The second-order valence-electron chi connectivity index (χ2n) is 3.21. The molecule has 1 heterocycles. The van der Waals surface area contributed by atoms with Crippen LogP contribution in [0.4, 0.5) is 0 Å². The number of aliphatic hydroxyl groups is 1. The fraction of sp³-hybridized carbons (Fsp3) is 0.556. The van der Waals surface area contributed by atoms with Gasteiger partial charge >= 0.3 is 0 Å². The van der Waals surface area contributed by atoms with Gasteiger partial charge in [0.05, 0.1) is 25.2 Å². The number of aromatic nitrogens is 2. The van der Waals surface area contributed by atoms with Gasteiger partial charge in [-0.2, -0.15) is 0 Å². The normalized spacial score (nSPS) is 12.5. The molecule has 1 rings (SSSR count). The van der Waals surface area contributed by atoms with Crippen LogP contribution in [0.1, 0.15) is 10.5 Å². The summed E-state index contributed by atoms with van der Waals surface area (Å²) >= 11 is 0. The van der Waals surface area contributed by atoms with Gasteiger partial charge < -0.3 is 19.7 Å². The number of aryl methyl sites for hydroxylation is 1. The van der Waals surface area contributed by atoms with E-state index in [1.54, 1.807) is 17.9 Å². The summed E-state index contributed by atoms with van der Waals surface area (Å²) in [6.07, 6.45) is 2.32. The maximum absolute atomic E-state index is 11.5. The Bertz CT molecular complexity index is 324. The average Bonchev–Trinajstić information content (AvgIpc) is 2.61. The molecule has 1 amide bonds. The van der Waals surface area contributed by atoms with Crippen molar-refractivity contribution in [3.05, 3.63) is 18.2 Å². The Kier molecular flexibility index (Phi) is 4.26. The van der Waals surface area contributed by atoms with Gasteiger partial charge in [0.25, 0.3) is 5.91 Å². The number of hydrogen-bond donors (Lipinski definition) is 2. The number of methoxy groups -OCH3 is 1. The van der Waals surface area contributed by atoms with Gasteiger partial charge in [-0.25, -0.2) is 4.98 Å². The van der Waals surface area contributed by atoms with Crippen molar-refractivity contribution >= 4 is 5.91 Å². The molecule has 0 aromatic carbocycles. The summed E-state index contributed by atoms with van der Waals surface area (Å²) in [5, 5.41) is 11.9. The number of rotatable bonds is 5. The van der Waals surface area contributed by atoms with Crippen LogP contribution in [0.2, 0.25) is 0 Å². The smallest absolute Gasteiger partial charge is 0.269 e. The molecule has 0 fully saturated rings. The molecule has 0 aliphatic heterocycles. The van der Waals surface area contributed by atoms with Crippen LogP contribution < -0.4 is 5.32 Å². The second-order valence-corrected chi connectivity index (χ2v) is 3.21. The van der Waals surface area contributed by atoms with Crippen molar-refractivity contribution in [3.8, 4) is 0 Å². The summed E-state index contributed by atoms with van der Waals surface area (Å²) in [7, 11) is 3.22. The lowest BCUT2D eigenvalue weighted by molar-refractivity contribution is 0.0608. The predicted octanol–water partition coefficient (Wildman–Crippen LogP) is -0.843. The van der Waals surface area contributed by atoms with Crippen LogP contribution in [-0.2, 0) is 11.8 Å². The van der Waals surface area contributed by atoms with Crippen molar-refractivity contribution in [2.24, 2.45) is 7.05 Å². The fourth-order valence-corrected chi connectivity index (χ4v) is 1.13. The summed E-state index contributed by atoms with van der Waals surface area (Å²) < 4.78 is 6.34. The van der Waals surface area contributed by atoms with Crippen molar-refractivity contribution in [3.63, 3.8) is 0 Å². The first-order valence-corrected chi connectivity index (χ1v) is 4.56. The number of nitrogens with one attached hydrogen (secondary N) is 1. The minimum absolute atomic E-state index is 0.165. The number of amides is 1. The highest BCUT2D eigenvalue weighted by atomic mass is 16.5. The molecular weight excluding hydrogens is 198 g/mol. The maximum atomic E-state index is 11.5. The van der Waals surface area contributed by atoms with Gasteiger partial charge in [-0.1, -0.05) is 0 Å². The summed E-state index contributed by atoms with van der Waals surface area (Å²) in [6.45, 7) is 0.365. The van der Waals surface area contributed by atoms with Crippen molar-refractivity contribution in [2.45, 2.75) is 6.10 Å². The second kappa shape index (κ2) is 5.47.